The van der Waals surface area contributed by atoms with Crippen LogP contribution in [0.5, 0.6) is 17.4 Å². The maximum Gasteiger partial charge on any atom is 0.264 e. The summed E-state index contributed by atoms with van der Waals surface area (Å²) in [5.41, 5.74) is 1.40. The van der Waals surface area contributed by atoms with E-state index in [0.717, 1.165) is 24.0 Å². The molecule has 2 aliphatic heterocycles. The zero-order valence-corrected chi connectivity index (χ0v) is 17.6. The van der Waals surface area contributed by atoms with Crippen LogP contribution in [0.3, 0.4) is 0 Å². The van der Waals surface area contributed by atoms with E-state index in [4.69, 9.17) is 25.8 Å². The summed E-state index contributed by atoms with van der Waals surface area (Å²) in [6, 6.07) is 5.56. The number of nitrogens with zero attached hydrogens (tertiary/aromatic N) is 2. The van der Waals surface area contributed by atoms with Crippen molar-refractivity contribution in [2.75, 3.05) is 6.79 Å². The van der Waals surface area contributed by atoms with Crippen LogP contribution in [-0.4, -0.2) is 39.3 Å². The highest BCUT2D eigenvalue weighted by Crippen LogP contribution is 2.45. The molecule has 8 heteroatoms. The molecular weight excluding hydrogens is 408 g/mol. The first-order chi connectivity index (χ1) is 14.3. The Kier molecular flexibility index (Phi) is 4.56. The Morgan fingerprint density at radius 1 is 1.37 bits per heavy atom. The van der Waals surface area contributed by atoms with Gasteiger partial charge in [0.15, 0.2) is 5.75 Å². The molecule has 1 saturated carbocycles. The van der Waals surface area contributed by atoms with Crippen LogP contribution >= 0.6 is 11.6 Å². The van der Waals surface area contributed by atoms with Gasteiger partial charge < -0.3 is 24.2 Å². The molecule has 2 aromatic rings. The topological polar surface area (TPSA) is 81.1 Å². The minimum atomic E-state index is -0.960. The molecular formula is C22H23ClN2O5. The number of amides is 1. The maximum absolute atomic E-state index is 13.4. The molecule has 0 radical (unpaired) electrons. The first kappa shape index (κ1) is 19.5. The standard InChI is InChI=1S/C22H23ClN2O5/c1-22(2,27)19(12-6-7-12)25-9-13-4-3-5-14(16(13)21(25)26)10-28-17-15(23)8-24-20-18(17)29-11-30-20/h3-5,8,12,19,27H,6-7,9-11H2,1-2H3/t19-/m1/s1. The van der Waals surface area contributed by atoms with Crippen LogP contribution < -0.4 is 14.2 Å². The first-order valence-electron chi connectivity index (χ1n) is 10.1. The molecule has 30 heavy (non-hydrogen) atoms. The minimum Gasteiger partial charge on any atom is -0.483 e. The lowest BCUT2D eigenvalue weighted by Crippen LogP contribution is -2.51. The highest BCUT2D eigenvalue weighted by Gasteiger charge is 2.48. The van der Waals surface area contributed by atoms with E-state index in [2.05, 4.69) is 4.98 Å². The van der Waals surface area contributed by atoms with Crippen LogP contribution in [0.25, 0.3) is 0 Å². The Morgan fingerprint density at radius 2 is 2.17 bits per heavy atom. The monoisotopic (exact) mass is 430 g/mol. The number of aromatic nitrogens is 1. The van der Waals surface area contributed by atoms with Gasteiger partial charge >= 0.3 is 0 Å². The Balaban J connectivity index is 1.42. The molecule has 7 nitrogen and oxygen atoms in total. The molecule has 1 atom stereocenters. The molecule has 158 valence electrons. The minimum absolute atomic E-state index is 0.0612. The quantitative estimate of drug-likeness (QED) is 0.754. The molecule has 0 unspecified atom stereocenters. The normalized spacial score (nSPS) is 18.5. The highest BCUT2D eigenvalue weighted by atomic mass is 35.5. The summed E-state index contributed by atoms with van der Waals surface area (Å²) in [7, 11) is 0. The van der Waals surface area contributed by atoms with Crippen LogP contribution in [0.1, 0.15) is 48.2 Å². The van der Waals surface area contributed by atoms with Crippen molar-refractivity contribution in [1.82, 2.24) is 9.88 Å². The van der Waals surface area contributed by atoms with Gasteiger partial charge in [-0.1, -0.05) is 29.8 Å². The third-order valence-electron chi connectivity index (χ3n) is 5.86. The fourth-order valence-electron chi connectivity index (χ4n) is 4.53. The van der Waals surface area contributed by atoms with Gasteiger partial charge in [0.1, 0.15) is 11.6 Å². The van der Waals surface area contributed by atoms with Crippen molar-refractivity contribution >= 4 is 17.5 Å². The zero-order chi connectivity index (χ0) is 21.0. The second-order valence-electron chi connectivity index (χ2n) is 8.58. The number of fused-ring (bicyclic) bond motifs is 2. The fraction of sp³-hybridized carbons (Fsp3) is 0.455. The van der Waals surface area contributed by atoms with Gasteiger partial charge in [-0.05, 0) is 38.2 Å². The van der Waals surface area contributed by atoms with Gasteiger partial charge in [-0.15, -0.1) is 0 Å². The summed E-state index contributed by atoms with van der Waals surface area (Å²) in [6.45, 7) is 4.27. The number of hydrogen-bond acceptors (Lipinski definition) is 6. The van der Waals surface area contributed by atoms with Gasteiger partial charge in [0.2, 0.25) is 12.5 Å². The molecule has 1 aromatic heterocycles. The van der Waals surface area contributed by atoms with Gasteiger partial charge in [0.25, 0.3) is 11.8 Å². The third kappa shape index (κ3) is 3.26. The SMILES string of the molecule is CC(C)(O)[C@@H](C1CC1)N1Cc2cccc(COc3c(Cl)cnc4c3OCO4)c2C1=O. The Hall–Kier alpha value is -2.51. The molecule has 3 aliphatic rings. The summed E-state index contributed by atoms with van der Waals surface area (Å²) < 4.78 is 16.7. The van der Waals surface area contributed by atoms with E-state index >= 15 is 0 Å². The largest absolute Gasteiger partial charge is 0.483 e. The molecule has 1 N–H and O–H groups in total. The van der Waals surface area contributed by atoms with Crippen molar-refractivity contribution in [1.29, 1.82) is 0 Å². The summed E-state index contributed by atoms with van der Waals surface area (Å²) in [4.78, 5) is 19.3. The first-order valence-corrected chi connectivity index (χ1v) is 10.4. The van der Waals surface area contributed by atoms with Crippen molar-refractivity contribution < 1.29 is 24.1 Å². The number of halogens is 1. The lowest BCUT2D eigenvalue weighted by atomic mass is 9.93. The third-order valence-corrected chi connectivity index (χ3v) is 6.13. The predicted molar refractivity (Wildman–Crippen MR) is 109 cm³/mol. The highest BCUT2D eigenvalue weighted by molar-refractivity contribution is 6.32. The summed E-state index contributed by atoms with van der Waals surface area (Å²) in [5.74, 6) is 1.35. The molecule has 0 spiro atoms. The van der Waals surface area contributed by atoms with Crippen LogP contribution in [0.2, 0.25) is 5.02 Å². The van der Waals surface area contributed by atoms with Crippen molar-refractivity contribution in [3.63, 3.8) is 0 Å². The number of rotatable bonds is 6. The number of benzene rings is 1. The van der Waals surface area contributed by atoms with Crippen LogP contribution in [-0.2, 0) is 13.2 Å². The van der Waals surface area contributed by atoms with Crippen molar-refractivity contribution in [3.8, 4) is 17.4 Å². The van der Waals surface area contributed by atoms with Gasteiger partial charge in [-0.3, -0.25) is 4.79 Å². The average molecular weight is 431 g/mol. The lowest BCUT2D eigenvalue weighted by Gasteiger charge is -2.37. The predicted octanol–water partition coefficient (Wildman–Crippen LogP) is 3.55. The molecule has 1 fully saturated rings. The Morgan fingerprint density at radius 3 is 2.90 bits per heavy atom. The summed E-state index contributed by atoms with van der Waals surface area (Å²) in [6.07, 6.45) is 3.53. The molecule has 1 amide bonds. The average Bonchev–Trinajstić information content (AvgIpc) is 3.29. The van der Waals surface area contributed by atoms with Crippen molar-refractivity contribution in [3.05, 3.63) is 46.1 Å². The van der Waals surface area contributed by atoms with Crippen LogP contribution in [0.4, 0.5) is 0 Å². The lowest BCUT2D eigenvalue weighted by molar-refractivity contribution is -0.0224. The molecule has 0 bridgehead atoms. The van der Waals surface area contributed by atoms with E-state index in [-0.39, 0.29) is 25.3 Å². The van der Waals surface area contributed by atoms with Crippen molar-refractivity contribution in [2.45, 2.75) is 51.5 Å². The van der Waals surface area contributed by atoms with Crippen molar-refractivity contribution in [2.24, 2.45) is 5.92 Å². The molecule has 0 saturated heterocycles. The van der Waals surface area contributed by atoms with E-state index in [1.807, 2.05) is 23.1 Å². The number of hydrogen-bond donors (Lipinski definition) is 1. The van der Waals surface area contributed by atoms with E-state index in [0.29, 0.717) is 40.4 Å². The molecule has 1 aliphatic carbocycles. The number of ether oxygens (including phenoxy) is 3. The molecule has 1 aromatic carbocycles. The Labute approximate surface area is 179 Å². The zero-order valence-electron chi connectivity index (χ0n) is 16.9. The fourth-order valence-corrected chi connectivity index (χ4v) is 4.71. The number of aliphatic hydroxyl groups is 1. The van der Waals surface area contributed by atoms with Gasteiger partial charge in [-0.2, -0.15) is 0 Å². The number of carbonyl (C=O) groups is 1. The molecule has 3 heterocycles. The smallest absolute Gasteiger partial charge is 0.264 e. The van der Waals surface area contributed by atoms with E-state index < -0.39 is 5.60 Å². The van der Waals surface area contributed by atoms with E-state index in [1.165, 1.54) is 6.20 Å². The van der Waals surface area contributed by atoms with Gasteiger partial charge in [0.05, 0.1) is 23.4 Å². The van der Waals surface area contributed by atoms with Gasteiger partial charge in [0, 0.05) is 12.1 Å². The van der Waals surface area contributed by atoms with Crippen LogP contribution in [0, 0.1) is 5.92 Å². The Bertz CT molecular complexity index is 1020. The maximum atomic E-state index is 13.4. The molecule has 5 rings (SSSR count). The second-order valence-corrected chi connectivity index (χ2v) is 8.99. The summed E-state index contributed by atoms with van der Waals surface area (Å²) in [5, 5.41) is 11.0. The number of pyridine rings is 1. The van der Waals surface area contributed by atoms with E-state index in [1.54, 1.807) is 13.8 Å². The van der Waals surface area contributed by atoms with Crippen LogP contribution in [0.15, 0.2) is 24.4 Å². The van der Waals surface area contributed by atoms with Gasteiger partial charge in [-0.25, -0.2) is 4.98 Å². The number of carbonyl (C=O) groups excluding carboxylic acids is 1. The second kappa shape index (κ2) is 7.03. The van der Waals surface area contributed by atoms with E-state index in [9.17, 15) is 9.90 Å². The summed E-state index contributed by atoms with van der Waals surface area (Å²) >= 11 is 6.25.